The van der Waals surface area contributed by atoms with Crippen molar-refractivity contribution < 1.29 is 0 Å². The average molecular weight is 388 g/mol. The minimum absolute atomic E-state index is 0.622. The van der Waals surface area contributed by atoms with Crippen LogP contribution in [0, 0.1) is 0 Å². The zero-order valence-corrected chi connectivity index (χ0v) is 15.7. The number of rotatable bonds is 5. The number of hydrogen-bond donors (Lipinski definition) is 2. The van der Waals surface area contributed by atoms with Crippen LogP contribution in [-0.4, -0.2) is 22.0 Å². The van der Waals surface area contributed by atoms with E-state index in [4.69, 9.17) is 11.6 Å². The number of thiazole rings is 1. The number of fused-ring (bicyclic) bond motifs is 1. The SMILES string of the molecule is CNc1nccc(-c2ccc(CNc3nc4c(Cl)cccc4s3)s2)n1. The number of anilines is 2. The summed E-state index contributed by atoms with van der Waals surface area (Å²) in [6, 6.07) is 11.9. The molecule has 0 unspecified atom stereocenters. The Morgan fingerprint density at radius 1 is 1.08 bits per heavy atom. The van der Waals surface area contributed by atoms with Gasteiger partial charge in [0.1, 0.15) is 5.52 Å². The highest BCUT2D eigenvalue weighted by molar-refractivity contribution is 7.22. The first-order valence-corrected chi connectivity index (χ1v) is 9.63. The Bertz CT molecular complexity index is 1030. The molecule has 0 aliphatic heterocycles. The molecule has 1 aromatic carbocycles. The fourth-order valence-electron chi connectivity index (χ4n) is 2.38. The molecule has 3 aromatic heterocycles. The van der Waals surface area contributed by atoms with Gasteiger partial charge in [0.25, 0.3) is 0 Å². The Morgan fingerprint density at radius 3 is 2.84 bits per heavy atom. The van der Waals surface area contributed by atoms with E-state index >= 15 is 0 Å². The van der Waals surface area contributed by atoms with Gasteiger partial charge in [-0.15, -0.1) is 11.3 Å². The van der Waals surface area contributed by atoms with Crippen molar-refractivity contribution in [3.8, 4) is 10.6 Å². The number of thiophene rings is 1. The average Bonchev–Trinajstić information content (AvgIpc) is 3.27. The summed E-state index contributed by atoms with van der Waals surface area (Å²) in [4.78, 5) is 15.5. The van der Waals surface area contributed by atoms with Crippen molar-refractivity contribution in [2.45, 2.75) is 6.54 Å². The van der Waals surface area contributed by atoms with E-state index in [1.54, 1.807) is 28.9 Å². The fourth-order valence-corrected chi connectivity index (χ4v) is 4.46. The van der Waals surface area contributed by atoms with Gasteiger partial charge < -0.3 is 10.6 Å². The molecular weight excluding hydrogens is 374 g/mol. The van der Waals surface area contributed by atoms with Gasteiger partial charge in [0.05, 0.1) is 26.8 Å². The van der Waals surface area contributed by atoms with E-state index < -0.39 is 0 Å². The van der Waals surface area contributed by atoms with Crippen molar-refractivity contribution in [3.63, 3.8) is 0 Å². The van der Waals surface area contributed by atoms with Crippen LogP contribution < -0.4 is 10.6 Å². The summed E-state index contributed by atoms with van der Waals surface area (Å²) in [5, 5.41) is 7.90. The topological polar surface area (TPSA) is 62.7 Å². The first-order valence-electron chi connectivity index (χ1n) is 7.62. The molecule has 4 rings (SSSR count). The summed E-state index contributed by atoms with van der Waals surface area (Å²) in [7, 11) is 1.81. The van der Waals surface area contributed by atoms with Crippen LogP contribution in [0.5, 0.6) is 0 Å². The second kappa shape index (κ2) is 6.95. The maximum absolute atomic E-state index is 6.18. The summed E-state index contributed by atoms with van der Waals surface area (Å²) < 4.78 is 1.09. The first-order chi connectivity index (χ1) is 12.2. The minimum Gasteiger partial charge on any atom is -0.357 e. The van der Waals surface area contributed by atoms with Gasteiger partial charge in [0.15, 0.2) is 5.13 Å². The van der Waals surface area contributed by atoms with E-state index in [9.17, 15) is 0 Å². The lowest BCUT2D eigenvalue weighted by Crippen LogP contribution is -1.96. The molecule has 8 heteroatoms. The quantitative estimate of drug-likeness (QED) is 0.497. The molecule has 2 N–H and O–H groups in total. The van der Waals surface area contributed by atoms with Crippen molar-refractivity contribution in [1.29, 1.82) is 0 Å². The van der Waals surface area contributed by atoms with Crippen molar-refractivity contribution in [1.82, 2.24) is 15.0 Å². The monoisotopic (exact) mass is 387 g/mol. The van der Waals surface area contributed by atoms with Crippen molar-refractivity contribution in [2.75, 3.05) is 17.7 Å². The van der Waals surface area contributed by atoms with E-state index in [0.29, 0.717) is 17.5 Å². The molecule has 3 heterocycles. The molecule has 0 bridgehead atoms. The molecule has 25 heavy (non-hydrogen) atoms. The van der Waals surface area contributed by atoms with Gasteiger partial charge in [0, 0.05) is 18.1 Å². The van der Waals surface area contributed by atoms with Gasteiger partial charge in [-0.05, 0) is 30.3 Å². The number of para-hydroxylation sites is 1. The van der Waals surface area contributed by atoms with E-state index in [2.05, 4.69) is 37.7 Å². The third kappa shape index (κ3) is 3.44. The number of aromatic nitrogens is 3. The van der Waals surface area contributed by atoms with Gasteiger partial charge in [-0.25, -0.2) is 15.0 Å². The molecule has 0 radical (unpaired) electrons. The Hall–Kier alpha value is -2.22. The number of hydrogen-bond acceptors (Lipinski definition) is 7. The molecule has 0 aliphatic carbocycles. The summed E-state index contributed by atoms with van der Waals surface area (Å²) in [6.07, 6.45) is 1.76. The molecule has 0 saturated carbocycles. The molecule has 0 spiro atoms. The van der Waals surface area contributed by atoms with Gasteiger partial charge in [-0.1, -0.05) is 29.0 Å². The maximum Gasteiger partial charge on any atom is 0.222 e. The van der Waals surface area contributed by atoms with Gasteiger partial charge in [-0.3, -0.25) is 0 Å². The number of halogens is 1. The maximum atomic E-state index is 6.18. The predicted octanol–water partition coefficient (Wildman–Crippen LogP) is 5.12. The van der Waals surface area contributed by atoms with Crippen LogP contribution in [0.1, 0.15) is 4.88 Å². The fraction of sp³-hybridized carbons (Fsp3) is 0.118. The van der Waals surface area contributed by atoms with Crippen LogP contribution in [0.15, 0.2) is 42.6 Å². The summed E-state index contributed by atoms with van der Waals surface area (Å²) >= 11 is 9.50. The van der Waals surface area contributed by atoms with E-state index in [1.807, 2.05) is 31.3 Å². The molecule has 0 saturated heterocycles. The van der Waals surface area contributed by atoms with E-state index in [0.717, 1.165) is 25.9 Å². The van der Waals surface area contributed by atoms with Gasteiger partial charge in [0.2, 0.25) is 5.95 Å². The van der Waals surface area contributed by atoms with Crippen LogP contribution in [0.25, 0.3) is 20.8 Å². The largest absolute Gasteiger partial charge is 0.357 e. The van der Waals surface area contributed by atoms with Gasteiger partial charge in [-0.2, -0.15) is 0 Å². The smallest absolute Gasteiger partial charge is 0.222 e. The zero-order chi connectivity index (χ0) is 17.2. The summed E-state index contributed by atoms with van der Waals surface area (Å²) in [6.45, 7) is 0.714. The third-order valence-corrected chi connectivity index (χ3v) is 5.97. The van der Waals surface area contributed by atoms with Crippen LogP contribution in [-0.2, 0) is 6.54 Å². The summed E-state index contributed by atoms with van der Waals surface area (Å²) in [5.41, 5.74) is 1.77. The lowest BCUT2D eigenvalue weighted by molar-refractivity contribution is 1.16. The summed E-state index contributed by atoms with van der Waals surface area (Å²) in [5.74, 6) is 0.622. The molecule has 126 valence electrons. The van der Waals surface area contributed by atoms with Crippen LogP contribution in [0.3, 0.4) is 0 Å². The molecule has 4 aromatic rings. The van der Waals surface area contributed by atoms with Crippen molar-refractivity contribution in [2.24, 2.45) is 0 Å². The molecular formula is C17H14ClN5S2. The van der Waals surface area contributed by atoms with Crippen molar-refractivity contribution in [3.05, 3.63) is 52.5 Å². The van der Waals surface area contributed by atoms with E-state index in [1.165, 1.54) is 4.88 Å². The molecule has 0 aliphatic rings. The number of nitrogens with one attached hydrogen (secondary N) is 2. The highest BCUT2D eigenvalue weighted by atomic mass is 35.5. The lowest BCUT2D eigenvalue weighted by atomic mass is 10.3. The minimum atomic E-state index is 0.622. The second-order valence-corrected chi connectivity index (χ2v) is 7.85. The highest BCUT2D eigenvalue weighted by Crippen LogP contribution is 2.32. The standard InChI is InChI=1S/C17H14ClN5S2/c1-19-16-20-8-7-12(22-16)13-6-5-10(24-13)9-21-17-23-15-11(18)3-2-4-14(15)25-17/h2-8H,9H2,1H3,(H,21,23)(H,19,20,22). The lowest BCUT2D eigenvalue weighted by Gasteiger charge is -2.01. The predicted molar refractivity (Wildman–Crippen MR) is 107 cm³/mol. The van der Waals surface area contributed by atoms with E-state index in [-0.39, 0.29) is 0 Å². The van der Waals surface area contributed by atoms with Crippen LogP contribution in [0.4, 0.5) is 11.1 Å². The Labute approximate surface area is 157 Å². The third-order valence-electron chi connectivity index (χ3n) is 3.58. The van der Waals surface area contributed by atoms with Crippen LogP contribution >= 0.6 is 34.3 Å². The second-order valence-electron chi connectivity index (χ2n) is 5.24. The number of benzene rings is 1. The Balaban J connectivity index is 1.49. The number of nitrogens with zero attached hydrogens (tertiary/aromatic N) is 3. The Kier molecular flexibility index (Phi) is 4.52. The Morgan fingerprint density at radius 2 is 2.00 bits per heavy atom. The van der Waals surface area contributed by atoms with Gasteiger partial charge >= 0.3 is 0 Å². The molecule has 0 fully saturated rings. The zero-order valence-electron chi connectivity index (χ0n) is 13.3. The molecule has 5 nitrogen and oxygen atoms in total. The highest BCUT2D eigenvalue weighted by Gasteiger charge is 2.08. The van der Waals surface area contributed by atoms with Crippen molar-refractivity contribution >= 4 is 55.6 Å². The first kappa shape index (κ1) is 16.3. The molecule has 0 atom stereocenters. The molecule has 0 amide bonds. The normalized spacial score (nSPS) is 11.0. The van der Waals surface area contributed by atoms with Crippen LogP contribution in [0.2, 0.25) is 5.02 Å².